The molecule has 1 aromatic rings. The van der Waals surface area contributed by atoms with Crippen LogP contribution >= 0.6 is 0 Å². The van der Waals surface area contributed by atoms with Gasteiger partial charge in [0.25, 0.3) is 0 Å². The van der Waals surface area contributed by atoms with E-state index in [9.17, 15) is 4.79 Å². The molecule has 3 heteroatoms. The van der Waals surface area contributed by atoms with Crippen molar-refractivity contribution in [1.82, 2.24) is 4.90 Å². The molecule has 0 atom stereocenters. The van der Waals surface area contributed by atoms with E-state index in [1.807, 2.05) is 6.07 Å². The molecular formula is C14H20N2O. The van der Waals surface area contributed by atoms with Crippen LogP contribution in [0.1, 0.15) is 25.0 Å². The Bertz CT molecular complexity index is 426. The molecular weight excluding hydrogens is 212 g/mol. The van der Waals surface area contributed by atoms with Gasteiger partial charge in [0.2, 0.25) is 5.91 Å². The number of hydrogen-bond acceptors (Lipinski definition) is 2. The summed E-state index contributed by atoms with van der Waals surface area (Å²) in [5.41, 5.74) is 3.43. The summed E-state index contributed by atoms with van der Waals surface area (Å²) in [6, 6.07) is 6.86. The van der Waals surface area contributed by atoms with Gasteiger partial charge in [-0.05, 0) is 44.5 Å². The van der Waals surface area contributed by atoms with E-state index in [2.05, 4.69) is 43.2 Å². The molecule has 1 amide bonds. The zero-order valence-electron chi connectivity index (χ0n) is 10.8. The lowest BCUT2D eigenvalue weighted by Crippen LogP contribution is -2.28. The van der Waals surface area contributed by atoms with Crippen molar-refractivity contribution in [2.75, 3.05) is 18.9 Å². The second-order valence-corrected chi connectivity index (χ2v) is 5.04. The summed E-state index contributed by atoms with van der Waals surface area (Å²) in [5, 5.41) is 2.86. The molecule has 92 valence electrons. The minimum absolute atomic E-state index is 0.108. The lowest BCUT2D eigenvalue weighted by molar-refractivity contribution is -0.115. The first-order valence-electron chi connectivity index (χ1n) is 6.18. The van der Waals surface area contributed by atoms with Crippen molar-refractivity contribution < 1.29 is 4.79 Å². The fourth-order valence-electron chi connectivity index (χ4n) is 2.00. The number of carbonyl (C=O) groups is 1. The molecule has 0 aliphatic carbocycles. The Labute approximate surface area is 103 Å². The van der Waals surface area contributed by atoms with E-state index in [0.29, 0.717) is 12.5 Å². The summed E-state index contributed by atoms with van der Waals surface area (Å²) in [7, 11) is 2.14. The predicted molar refractivity (Wildman–Crippen MR) is 70.2 cm³/mol. The van der Waals surface area contributed by atoms with Crippen molar-refractivity contribution in [1.29, 1.82) is 0 Å². The number of benzene rings is 1. The predicted octanol–water partition coefficient (Wildman–Crippen LogP) is 2.06. The summed E-state index contributed by atoms with van der Waals surface area (Å²) >= 11 is 0. The van der Waals surface area contributed by atoms with Gasteiger partial charge in [-0.3, -0.25) is 4.79 Å². The van der Waals surface area contributed by atoms with Crippen LogP contribution in [0.15, 0.2) is 18.2 Å². The van der Waals surface area contributed by atoms with E-state index in [1.165, 1.54) is 5.56 Å². The minimum atomic E-state index is 0.108. The summed E-state index contributed by atoms with van der Waals surface area (Å²) in [5.74, 6) is 0.108. The van der Waals surface area contributed by atoms with Gasteiger partial charge in [0.1, 0.15) is 0 Å². The van der Waals surface area contributed by atoms with Gasteiger partial charge in [-0.25, -0.2) is 0 Å². The molecule has 2 rings (SSSR count). The van der Waals surface area contributed by atoms with Crippen molar-refractivity contribution in [3.8, 4) is 0 Å². The van der Waals surface area contributed by atoms with Crippen molar-refractivity contribution in [2.45, 2.75) is 32.7 Å². The van der Waals surface area contributed by atoms with Crippen LogP contribution in [0.5, 0.6) is 0 Å². The van der Waals surface area contributed by atoms with Gasteiger partial charge in [0.05, 0.1) is 6.42 Å². The standard InChI is InChI=1S/C14H20N2O/c1-10(2)16(3)7-6-11-4-5-13-12(8-11)9-14(17)15-13/h4-5,8,10H,6-7,9H2,1-3H3,(H,15,17). The molecule has 1 aliphatic heterocycles. The maximum absolute atomic E-state index is 11.2. The number of anilines is 1. The average Bonchev–Trinajstić information content (AvgIpc) is 2.64. The van der Waals surface area contributed by atoms with E-state index < -0.39 is 0 Å². The Morgan fingerprint density at radius 2 is 2.18 bits per heavy atom. The topological polar surface area (TPSA) is 32.3 Å². The molecule has 3 nitrogen and oxygen atoms in total. The summed E-state index contributed by atoms with van der Waals surface area (Å²) < 4.78 is 0. The Hall–Kier alpha value is -1.35. The van der Waals surface area contributed by atoms with Crippen LogP contribution < -0.4 is 5.32 Å². The maximum Gasteiger partial charge on any atom is 0.228 e. The summed E-state index contributed by atoms with van der Waals surface area (Å²) in [4.78, 5) is 13.6. The number of carbonyl (C=O) groups excluding carboxylic acids is 1. The Balaban J connectivity index is 1.99. The van der Waals surface area contributed by atoms with E-state index >= 15 is 0 Å². The molecule has 0 bridgehead atoms. The molecule has 0 radical (unpaired) electrons. The highest BCUT2D eigenvalue weighted by molar-refractivity contribution is 5.99. The van der Waals surface area contributed by atoms with Gasteiger partial charge in [-0.15, -0.1) is 0 Å². The maximum atomic E-state index is 11.2. The summed E-state index contributed by atoms with van der Waals surface area (Å²) in [6.07, 6.45) is 1.57. The van der Waals surface area contributed by atoms with Crippen LogP contribution in [-0.2, 0) is 17.6 Å². The Morgan fingerprint density at radius 1 is 1.41 bits per heavy atom. The lowest BCUT2D eigenvalue weighted by Gasteiger charge is -2.20. The number of nitrogens with zero attached hydrogens (tertiary/aromatic N) is 1. The van der Waals surface area contributed by atoms with E-state index in [-0.39, 0.29) is 5.91 Å². The highest BCUT2D eigenvalue weighted by atomic mass is 16.1. The third kappa shape index (κ3) is 2.86. The Kier molecular flexibility index (Phi) is 3.48. The van der Waals surface area contributed by atoms with Crippen molar-refractivity contribution in [3.63, 3.8) is 0 Å². The summed E-state index contributed by atoms with van der Waals surface area (Å²) in [6.45, 7) is 5.45. The highest BCUT2D eigenvalue weighted by Crippen LogP contribution is 2.24. The molecule has 0 fully saturated rings. The number of hydrogen-bond donors (Lipinski definition) is 1. The second-order valence-electron chi connectivity index (χ2n) is 5.04. The smallest absolute Gasteiger partial charge is 0.228 e. The van der Waals surface area contributed by atoms with Crippen LogP contribution in [0.25, 0.3) is 0 Å². The monoisotopic (exact) mass is 232 g/mol. The normalized spacial score (nSPS) is 14.3. The number of fused-ring (bicyclic) bond motifs is 1. The van der Waals surface area contributed by atoms with Gasteiger partial charge in [0.15, 0.2) is 0 Å². The van der Waals surface area contributed by atoms with Crippen molar-refractivity contribution >= 4 is 11.6 Å². The molecule has 1 aromatic carbocycles. The van der Waals surface area contributed by atoms with E-state index in [0.717, 1.165) is 24.2 Å². The van der Waals surface area contributed by atoms with Crippen molar-refractivity contribution in [2.24, 2.45) is 0 Å². The lowest BCUT2D eigenvalue weighted by atomic mass is 10.1. The largest absolute Gasteiger partial charge is 0.326 e. The zero-order valence-corrected chi connectivity index (χ0v) is 10.8. The second kappa shape index (κ2) is 4.88. The average molecular weight is 232 g/mol. The zero-order chi connectivity index (χ0) is 12.4. The van der Waals surface area contributed by atoms with Crippen molar-refractivity contribution in [3.05, 3.63) is 29.3 Å². The van der Waals surface area contributed by atoms with E-state index in [1.54, 1.807) is 0 Å². The third-order valence-corrected chi connectivity index (χ3v) is 3.43. The molecule has 1 aliphatic rings. The molecule has 1 heterocycles. The molecule has 0 unspecified atom stereocenters. The number of rotatable bonds is 4. The SMILES string of the molecule is CC(C)N(C)CCc1ccc2c(c1)CC(=O)N2. The van der Waals surface area contributed by atoms with Gasteiger partial charge in [-0.2, -0.15) is 0 Å². The van der Waals surface area contributed by atoms with Crippen LogP contribution in [0, 0.1) is 0 Å². The first kappa shape index (κ1) is 12.1. The fraction of sp³-hybridized carbons (Fsp3) is 0.500. The van der Waals surface area contributed by atoms with Gasteiger partial charge < -0.3 is 10.2 Å². The van der Waals surface area contributed by atoms with Crippen LogP contribution in [0.4, 0.5) is 5.69 Å². The van der Waals surface area contributed by atoms with Crippen LogP contribution in [-0.4, -0.2) is 30.4 Å². The fourth-order valence-corrected chi connectivity index (χ4v) is 2.00. The number of nitrogens with one attached hydrogen (secondary N) is 1. The molecule has 0 saturated heterocycles. The highest BCUT2D eigenvalue weighted by Gasteiger charge is 2.17. The van der Waals surface area contributed by atoms with Crippen LogP contribution in [0.2, 0.25) is 0 Å². The third-order valence-electron chi connectivity index (χ3n) is 3.43. The minimum Gasteiger partial charge on any atom is -0.326 e. The number of amides is 1. The molecule has 0 aromatic heterocycles. The van der Waals surface area contributed by atoms with E-state index in [4.69, 9.17) is 0 Å². The Morgan fingerprint density at radius 3 is 2.88 bits per heavy atom. The molecule has 0 spiro atoms. The number of likely N-dealkylation sites (N-methyl/N-ethyl adjacent to an activating group) is 1. The molecule has 17 heavy (non-hydrogen) atoms. The van der Waals surface area contributed by atoms with Gasteiger partial charge >= 0.3 is 0 Å². The first-order chi connectivity index (χ1) is 8.06. The van der Waals surface area contributed by atoms with Crippen LogP contribution in [0.3, 0.4) is 0 Å². The molecule has 0 saturated carbocycles. The van der Waals surface area contributed by atoms with Gasteiger partial charge in [0, 0.05) is 18.3 Å². The molecule has 1 N–H and O–H groups in total. The first-order valence-corrected chi connectivity index (χ1v) is 6.18. The quantitative estimate of drug-likeness (QED) is 0.862. The van der Waals surface area contributed by atoms with Gasteiger partial charge in [-0.1, -0.05) is 12.1 Å².